The van der Waals surface area contributed by atoms with Crippen molar-refractivity contribution in [1.82, 2.24) is 0 Å². The second kappa shape index (κ2) is 10.3. The van der Waals surface area contributed by atoms with Gasteiger partial charge in [-0.15, -0.1) is 0 Å². The first-order chi connectivity index (χ1) is 14.7. The minimum atomic E-state index is 0.660. The van der Waals surface area contributed by atoms with Crippen LogP contribution in [-0.4, -0.2) is 0 Å². The molecule has 0 heteroatoms. The maximum atomic E-state index is 2.52. The van der Waals surface area contributed by atoms with E-state index in [1.54, 1.807) is 5.57 Å². The molecule has 0 N–H and O–H groups in total. The van der Waals surface area contributed by atoms with Gasteiger partial charge in [-0.1, -0.05) is 99.0 Å². The largest absolute Gasteiger partial charge is 0.0807 e. The Morgan fingerprint density at radius 3 is 1.90 bits per heavy atom. The first kappa shape index (κ1) is 21.2. The van der Waals surface area contributed by atoms with E-state index >= 15 is 0 Å². The summed E-state index contributed by atoms with van der Waals surface area (Å²) in [6.07, 6.45) is 19.0. The predicted molar refractivity (Wildman–Crippen MR) is 130 cm³/mol. The highest BCUT2D eigenvalue weighted by Gasteiger charge is 2.19. The van der Waals surface area contributed by atoms with Crippen molar-refractivity contribution in [3.05, 3.63) is 94.6 Å². The zero-order chi connectivity index (χ0) is 20.8. The fourth-order valence-corrected chi connectivity index (χ4v) is 5.10. The second-order valence-corrected chi connectivity index (χ2v) is 9.83. The number of rotatable bonds is 7. The van der Waals surface area contributed by atoms with E-state index in [0.717, 1.165) is 31.1 Å². The molecule has 0 radical (unpaired) electrons. The number of aryl methyl sites for hydroxylation is 1. The molecule has 2 aliphatic carbocycles. The van der Waals surface area contributed by atoms with Crippen LogP contribution >= 0.6 is 0 Å². The van der Waals surface area contributed by atoms with E-state index in [1.165, 1.54) is 60.8 Å². The van der Waals surface area contributed by atoms with Crippen molar-refractivity contribution >= 4 is 0 Å². The lowest BCUT2D eigenvalue weighted by atomic mass is 9.79. The van der Waals surface area contributed by atoms with E-state index in [2.05, 4.69) is 80.6 Å². The number of hydrogen-bond donors (Lipinski definition) is 0. The van der Waals surface area contributed by atoms with Crippen LogP contribution in [0.3, 0.4) is 0 Å². The molecule has 0 saturated heterocycles. The predicted octanol–water partition coefficient (Wildman–Crippen LogP) is 8.10. The topological polar surface area (TPSA) is 0 Å². The molecule has 30 heavy (non-hydrogen) atoms. The van der Waals surface area contributed by atoms with Crippen LogP contribution in [0.15, 0.2) is 72.3 Å². The summed E-state index contributed by atoms with van der Waals surface area (Å²) in [7, 11) is 0. The molecule has 0 amide bonds. The van der Waals surface area contributed by atoms with E-state index < -0.39 is 0 Å². The molecule has 0 aromatic heterocycles. The van der Waals surface area contributed by atoms with Gasteiger partial charge in [0, 0.05) is 0 Å². The van der Waals surface area contributed by atoms with E-state index in [9.17, 15) is 0 Å². The van der Waals surface area contributed by atoms with Crippen LogP contribution in [0, 0.1) is 17.8 Å². The molecule has 0 heterocycles. The molecule has 1 unspecified atom stereocenters. The summed E-state index contributed by atoms with van der Waals surface area (Å²) < 4.78 is 0. The Bertz CT molecular complexity index is 842. The standard InChI is InChI=1S/C30H38/c1-3-24-8-10-26(11-9-24)21-28-16-18-30(19-17-28)22-29-14-12-27(13-15-29)20-25-6-4-23(2)5-7-25/h8-14,16-19,23,25,29H,3-7,15,20-22H2,1-2H3. The molecule has 2 aliphatic rings. The molecular weight excluding hydrogens is 360 g/mol. The van der Waals surface area contributed by atoms with E-state index in [4.69, 9.17) is 0 Å². The fraction of sp³-hybridized carbons (Fsp3) is 0.467. The first-order valence-corrected chi connectivity index (χ1v) is 12.2. The molecule has 2 aromatic carbocycles. The maximum Gasteiger partial charge on any atom is -0.00258 e. The smallest absolute Gasteiger partial charge is 0.00258 e. The third-order valence-electron chi connectivity index (χ3n) is 7.29. The fourth-order valence-electron chi connectivity index (χ4n) is 5.10. The highest BCUT2D eigenvalue weighted by Crippen LogP contribution is 2.34. The van der Waals surface area contributed by atoms with Gasteiger partial charge in [-0.25, -0.2) is 0 Å². The normalized spacial score (nSPS) is 23.9. The van der Waals surface area contributed by atoms with Crippen LogP contribution in [0.5, 0.6) is 0 Å². The minimum Gasteiger partial charge on any atom is -0.0807 e. The van der Waals surface area contributed by atoms with Crippen molar-refractivity contribution in [2.75, 3.05) is 0 Å². The summed E-state index contributed by atoms with van der Waals surface area (Å²) >= 11 is 0. The molecule has 0 bridgehead atoms. The van der Waals surface area contributed by atoms with Crippen LogP contribution < -0.4 is 0 Å². The summed E-state index contributed by atoms with van der Waals surface area (Å²) in [5.74, 6) is 2.54. The summed E-state index contributed by atoms with van der Waals surface area (Å²) in [5.41, 5.74) is 7.29. The van der Waals surface area contributed by atoms with Crippen molar-refractivity contribution in [2.45, 2.75) is 71.6 Å². The van der Waals surface area contributed by atoms with Crippen LogP contribution in [0.2, 0.25) is 0 Å². The average Bonchev–Trinajstić information content (AvgIpc) is 2.78. The number of benzene rings is 2. The van der Waals surface area contributed by atoms with Gasteiger partial charge in [-0.3, -0.25) is 0 Å². The Hall–Kier alpha value is -2.08. The Balaban J connectivity index is 1.25. The molecule has 1 saturated carbocycles. The zero-order valence-electron chi connectivity index (χ0n) is 18.9. The lowest BCUT2D eigenvalue weighted by Crippen LogP contribution is -2.13. The van der Waals surface area contributed by atoms with E-state index in [-0.39, 0.29) is 0 Å². The van der Waals surface area contributed by atoms with Gasteiger partial charge in [0.2, 0.25) is 0 Å². The van der Waals surface area contributed by atoms with Crippen molar-refractivity contribution in [2.24, 2.45) is 17.8 Å². The Morgan fingerprint density at radius 1 is 0.733 bits per heavy atom. The quantitative estimate of drug-likeness (QED) is 0.442. The van der Waals surface area contributed by atoms with E-state index in [1.807, 2.05) is 0 Å². The molecule has 158 valence electrons. The van der Waals surface area contributed by atoms with Crippen molar-refractivity contribution in [3.8, 4) is 0 Å². The van der Waals surface area contributed by atoms with Gasteiger partial charge in [-0.2, -0.15) is 0 Å². The third kappa shape index (κ3) is 5.97. The Kier molecular flexibility index (Phi) is 7.26. The second-order valence-electron chi connectivity index (χ2n) is 9.83. The van der Waals surface area contributed by atoms with Crippen molar-refractivity contribution in [1.29, 1.82) is 0 Å². The van der Waals surface area contributed by atoms with Gasteiger partial charge < -0.3 is 0 Å². The highest BCUT2D eigenvalue weighted by molar-refractivity contribution is 5.32. The zero-order valence-corrected chi connectivity index (χ0v) is 18.9. The monoisotopic (exact) mass is 398 g/mol. The van der Waals surface area contributed by atoms with Crippen LogP contribution in [0.4, 0.5) is 0 Å². The van der Waals surface area contributed by atoms with Gasteiger partial charge >= 0.3 is 0 Å². The minimum absolute atomic E-state index is 0.660. The lowest BCUT2D eigenvalue weighted by molar-refractivity contribution is 0.289. The molecule has 0 nitrogen and oxygen atoms in total. The van der Waals surface area contributed by atoms with E-state index in [0.29, 0.717) is 5.92 Å². The number of hydrogen-bond acceptors (Lipinski definition) is 0. The average molecular weight is 399 g/mol. The summed E-state index contributed by atoms with van der Waals surface area (Å²) in [6.45, 7) is 4.62. The van der Waals surface area contributed by atoms with Crippen LogP contribution in [-0.2, 0) is 19.3 Å². The van der Waals surface area contributed by atoms with Crippen molar-refractivity contribution < 1.29 is 0 Å². The maximum absolute atomic E-state index is 2.52. The molecule has 0 aliphatic heterocycles. The number of allylic oxidation sites excluding steroid dienone is 4. The van der Waals surface area contributed by atoms with Crippen LogP contribution in [0.1, 0.15) is 74.6 Å². The molecule has 2 aromatic rings. The molecular formula is C30H38. The van der Waals surface area contributed by atoms with Gasteiger partial charge in [0.15, 0.2) is 0 Å². The Morgan fingerprint density at radius 2 is 1.33 bits per heavy atom. The summed E-state index contributed by atoms with van der Waals surface area (Å²) in [5, 5.41) is 0. The molecule has 4 rings (SSSR count). The third-order valence-corrected chi connectivity index (χ3v) is 7.29. The van der Waals surface area contributed by atoms with Crippen molar-refractivity contribution in [3.63, 3.8) is 0 Å². The van der Waals surface area contributed by atoms with Gasteiger partial charge in [-0.05, 0) is 85.0 Å². The van der Waals surface area contributed by atoms with Gasteiger partial charge in [0.1, 0.15) is 0 Å². The first-order valence-electron chi connectivity index (χ1n) is 12.2. The summed E-state index contributed by atoms with van der Waals surface area (Å²) in [6, 6.07) is 18.4. The SMILES string of the molecule is CCc1ccc(Cc2ccc(CC3C=CC(CC4CCC(C)CC4)=CC3)cc2)cc1. The van der Waals surface area contributed by atoms with Crippen LogP contribution in [0.25, 0.3) is 0 Å². The van der Waals surface area contributed by atoms with Gasteiger partial charge in [0.25, 0.3) is 0 Å². The van der Waals surface area contributed by atoms with Gasteiger partial charge in [0.05, 0.1) is 0 Å². The molecule has 0 spiro atoms. The molecule has 1 fully saturated rings. The highest BCUT2D eigenvalue weighted by atomic mass is 14.2. The lowest BCUT2D eigenvalue weighted by Gasteiger charge is -2.27. The summed E-state index contributed by atoms with van der Waals surface area (Å²) in [4.78, 5) is 0. The molecule has 1 atom stereocenters. The Labute approximate surface area is 184 Å².